The molecule has 1 aromatic rings. The van der Waals surface area contributed by atoms with Crippen LogP contribution in [0, 0.1) is 10.8 Å². The molecule has 0 aliphatic rings. The molecule has 0 radical (unpaired) electrons. The van der Waals surface area contributed by atoms with Gasteiger partial charge >= 0.3 is 0 Å². The fraction of sp³-hybridized carbons (Fsp3) is 0.680. The Bertz CT molecular complexity index is 727. The molecule has 5 nitrogen and oxygen atoms in total. The second kappa shape index (κ2) is 10.3. The van der Waals surface area contributed by atoms with Gasteiger partial charge in [-0.3, -0.25) is 9.59 Å². The number of amides is 2. The van der Waals surface area contributed by atoms with E-state index < -0.39 is 0 Å². The van der Waals surface area contributed by atoms with Crippen molar-refractivity contribution in [3.8, 4) is 0 Å². The zero-order valence-corrected chi connectivity index (χ0v) is 20.8. The van der Waals surface area contributed by atoms with Crippen molar-refractivity contribution in [3.63, 3.8) is 0 Å². The maximum Gasteiger partial charge on any atom is 0.224 e. The molecule has 0 aliphatic carbocycles. The second-order valence-corrected chi connectivity index (χ2v) is 11.0. The number of hydrogen-bond acceptors (Lipinski definition) is 3. The third-order valence-electron chi connectivity index (χ3n) is 5.00. The molecule has 1 atom stereocenters. The maximum absolute atomic E-state index is 13.1. The largest absolute Gasteiger partial charge is 0.377 e. The number of benzene rings is 1. The minimum atomic E-state index is -0.0662. The molecule has 1 unspecified atom stereocenters. The van der Waals surface area contributed by atoms with Crippen LogP contribution in [-0.2, 0) is 16.1 Å². The minimum Gasteiger partial charge on any atom is -0.377 e. The van der Waals surface area contributed by atoms with Crippen molar-refractivity contribution >= 4 is 23.2 Å². The molecular formula is C25H43N3O2. The Morgan fingerprint density at radius 1 is 1.00 bits per heavy atom. The Hall–Kier alpha value is -2.04. The lowest BCUT2D eigenvalue weighted by Crippen LogP contribution is -2.39. The Morgan fingerprint density at radius 2 is 1.57 bits per heavy atom. The average Bonchev–Trinajstić information content (AvgIpc) is 2.55. The predicted molar refractivity (Wildman–Crippen MR) is 128 cm³/mol. The van der Waals surface area contributed by atoms with E-state index in [-0.39, 0.29) is 28.7 Å². The molecule has 0 aliphatic heterocycles. The Labute approximate surface area is 184 Å². The summed E-state index contributed by atoms with van der Waals surface area (Å²) in [4.78, 5) is 29.6. The molecule has 0 aromatic heterocycles. The fourth-order valence-corrected chi connectivity index (χ4v) is 3.36. The molecule has 2 amide bonds. The monoisotopic (exact) mass is 417 g/mol. The molecule has 0 heterocycles. The van der Waals surface area contributed by atoms with Crippen LogP contribution in [0.1, 0.15) is 80.2 Å². The zero-order chi connectivity index (χ0) is 23.3. The van der Waals surface area contributed by atoms with Gasteiger partial charge in [0.2, 0.25) is 11.8 Å². The Balaban J connectivity index is 3.20. The minimum absolute atomic E-state index is 0.00800. The number of carbonyl (C=O) groups excluding carboxylic acids is 2. The average molecular weight is 418 g/mol. The standard InChI is InChI=1S/C25H43N3O2/c1-11-18(2)28(23(30)16-25(6,7)8)17-19-14-20(12-13-21(19)27(9)10)26-22(29)15-24(3,4)5/h12-14,18H,11,15-17H2,1-10H3,(H,26,29). The van der Waals surface area contributed by atoms with Crippen molar-refractivity contribution in [3.05, 3.63) is 23.8 Å². The quantitative estimate of drug-likeness (QED) is 0.591. The van der Waals surface area contributed by atoms with E-state index in [1.165, 1.54) is 0 Å². The maximum atomic E-state index is 13.1. The van der Waals surface area contributed by atoms with Crippen LogP contribution in [0.3, 0.4) is 0 Å². The first kappa shape index (κ1) is 26.0. The van der Waals surface area contributed by atoms with Gasteiger partial charge in [0.05, 0.1) is 0 Å². The highest BCUT2D eigenvalue weighted by Gasteiger charge is 2.25. The number of nitrogens with one attached hydrogen (secondary N) is 1. The van der Waals surface area contributed by atoms with Crippen LogP contribution in [-0.4, -0.2) is 36.9 Å². The summed E-state index contributed by atoms with van der Waals surface area (Å²) in [7, 11) is 4.00. The van der Waals surface area contributed by atoms with Gasteiger partial charge in [-0.05, 0) is 47.9 Å². The van der Waals surface area contributed by atoms with Crippen LogP contribution >= 0.6 is 0 Å². The summed E-state index contributed by atoms with van der Waals surface area (Å²) in [5.41, 5.74) is 2.74. The van der Waals surface area contributed by atoms with Gasteiger partial charge < -0.3 is 15.1 Å². The highest BCUT2D eigenvalue weighted by atomic mass is 16.2. The van der Waals surface area contributed by atoms with Gasteiger partial charge in [-0.1, -0.05) is 48.5 Å². The van der Waals surface area contributed by atoms with Crippen molar-refractivity contribution in [2.75, 3.05) is 24.3 Å². The van der Waals surface area contributed by atoms with Crippen molar-refractivity contribution in [1.82, 2.24) is 4.90 Å². The van der Waals surface area contributed by atoms with E-state index in [1.54, 1.807) is 0 Å². The van der Waals surface area contributed by atoms with Gasteiger partial charge in [0, 0.05) is 50.9 Å². The van der Waals surface area contributed by atoms with E-state index in [0.717, 1.165) is 23.4 Å². The lowest BCUT2D eigenvalue weighted by atomic mass is 9.91. The Kier molecular flexibility index (Phi) is 8.94. The van der Waals surface area contributed by atoms with Crippen LogP contribution in [0.4, 0.5) is 11.4 Å². The van der Waals surface area contributed by atoms with Gasteiger partial charge in [-0.2, -0.15) is 0 Å². The molecule has 0 bridgehead atoms. The molecule has 1 aromatic carbocycles. The van der Waals surface area contributed by atoms with Gasteiger partial charge in [0.25, 0.3) is 0 Å². The van der Waals surface area contributed by atoms with Crippen LogP contribution < -0.4 is 10.2 Å². The molecule has 0 fully saturated rings. The summed E-state index contributed by atoms with van der Waals surface area (Å²) in [6.07, 6.45) is 1.87. The molecule has 0 spiro atoms. The summed E-state index contributed by atoms with van der Waals surface area (Å²) in [6, 6.07) is 6.11. The van der Waals surface area contributed by atoms with Gasteiger partial charge in [0.15, 0.2) is 0 Å². The van der Waals surface area contributed by atoms with Gasteiger partial charge in [0.1, 0.15) is 0 Å². The molecule has 170 valence electrons. The highest BCUT2D eigenvalue weighted by molar-refractivity contribution is 5.91. The number of rotatable bonds is 8. The number of anilines is 2. The first-order valence-electron chi connectivity index (χ1n) is 11.0. The molecule has 1 N–H and O–H groups in total. The molecule has 30 heavy (non-hydrogen) atoms. The van der Waals surface area contributed by atoms with Gasteiger partial charge in [-0.15, -0.1) is 0 Å². The molecule has 5 heteroatoms. The van der Waals surface area contributed by atoms with Crippen molar-refractivity contribution in [1.29, 1.82) is 0 Å². The molecule has 1 rings (SSSR count). The second-order valence-electron chi connectivity index (χ2n) is 11.0. The van der Waals surface area contributed by atoms with Crippen LogP contribution in [0.5, 0.6) is 0 Å². The third-order valence-corrected chi connectivity index (χ3v) is 5.00. The van der Waals surface area contributed by atoms with E-state index in [1.807, 2.05) is 37.2 Å². The summed E-state index contributed by atoms with van der Waals surface area (Å²) in [6.45, 7) is 17.2. The number of hydrogen-bond donors (Lipinski definition) is 1. The number of carbonyl (C=O) groups is 2. The van der Waals surface area contributed by atoms with Gasteiger partial charge in [-0.25, -0.2) is 0 Å². The lowest BCUT2D eigenvalue weighted by molar-refractivity contribution is -0.136. The van der Waals surface area contributed by atoms with E-state index in [0.29, 0.717) is 19.4 Å². The molecule has 0 saturated heterocycles. The first-order chi connectivity index (χ1) is 13.6. The normalized spacial score (nSPS) is 13.0. The Morgan fingerprint density at radius 3 is 2.03 bits per heavy atom. The molecular weight excluding hydrogens is 374 g/mol. The smallest absolute Gasteiger partial charge is 0.224 e. The summed E-state index contributed by atoms with van der Waals surface area (Å²) >= 11 is 0. The van der Waals surface area contributed by atoms with Crippen LogP contribution in [0.25, 0.3) is 0 Å². The topological polar surface area (TPSA) is 52.7 Å². The lowest BCUT2D eigenvalue weighted by Gasteiger charge is -2.33. The summed E-state index contributed by atoms with van der Waals surface area (Å²) < 4.78 is 0. The SMILES string of the molecule is CCC(C)N(Cc1cc(NC(=O)CC(C)(C)C)ccc1N(C)C)C(=O)CC(C)(C)C. The van der Waals surface area contributed by atoms with Crippen molar-refractivity contribution in [2.45, 2.75) is 87.2 Å². The van der Waals surface area contributed by atoms with Crippen LogP contribution in [0.15, 0.2) is 18.2 Å². The van der Waals surface area contributed by atoms with E-state index >= 15 is 0 Å². The highest BCUT2D eigenvalue weighted by Crippen LogP contribution is 2.28. The summed E-state index contributed by atoms with van der Waals surface area (Å²) in [5.74, 6) is 0.178. The van der Waals surface area contributed by atoms with E-state index in [4.69, 9.17) is 0 Å². The predicted octanol–water partition coefficient (Wildman–Crippen LogP) is 5.69. The summed E-state index contributed by atoms with van der Waals surface area (Å²) in [5, 5.41) is 3.03. The molecule has 0 saturated carbocycles. The van der Waals surface area contributed by atoms with E-state index in [9.17, 15) is 9.59 Å². The van der Waals surface area contributed by atoms with Crippen LogP contribution in [0.2, 0.25) is 0 Å². The van der Waals surface area contributed by atoms with Crippen molar-refractivity contribution < 1.29 is 9.59 Å². The zero-order valence-electron chi connectivity index (χ0n) is 20.8. The van der Waals surface area contributed by atoms with E-state index in [2.05, 4.69) is 65.6 Å². The third kappa shape index (κ3) is 8.76. The number of nitrogens with zero attached hydrogens (tertiary/aromatic N) is 2. The first-order valence-corrected chi connectivity index (χ1v) is 11.0. The van der Waals surface area contributed by atoms with Crippen molar-refractivity contribution in [2.24, 2.45) is 10.8 Å². The fourth-order valence-electron chi connectivity index (χ4n) is 3.36.